The lowest BCUT2D eigenvalue weighted by molar-refractivity contribution is -0.120. The Morgan fingerprint density at radius 3 is 2.53 bits per heavy atom. The highest BCUT2D eigenvalue weighted by Gasteiger charge is 2.45. The molecule has 1 aliphatic heterocycles. The van der Waals surface area contributed by atoms with Gasteiger partial charge in [0.2, 0.25) is 11.7 Å². The van der Waals surface area contributed by atoms with Crippen molar-refractivity contribution < 1.29 is 14.0 Å². The van der Waals surface area contributed by atoms with Crippen LogP contribution in [-0.4, -0.2) is 32.1 Å². The van der Waals surface area contributed by atoms with Gasteiger partial charge in [0.15, 0.2) is 5.82 Å². The Morgan fingerprint density at radius 1 is 1.06 bits per heavy atom. The van der Waals surface area contributed by atoms with Crippen LogP contribution in [0.4, 0.5) is 15.8 Å². The van der Waals surface area contributed by atoms with Crippen LogP contribution in [-0.2, 0) is 4.79 Å². The van der Waals surface area contributed by atoms with Crippen molar-refractivity contribution in [1.82, 2.24) is 14.8 Å². The Bertz CT molecular complexity index is 1330. The Morgan fingerprint density at radius 2 is 1.81 bits per heavy atom. The number of nitrogens with zero attached hydrogens (tertiary/aromatic N) is 4. The number of para-hydroxylation sites is 2. The second-order valence-corrected chi connectivity index (χ2v) is 8.74. The van der Waals surface area contributed by atoms with Gasteiger partial charge in [0, 0.05) is 0 Å². The number of nitrogens with one attached hydrogen (secondary N) is 1. The summed E-state index contributed by atoms with van der Waals surface area (Å²) in [5.41, 5.74) is 0.521. The van der Waals surface area contributed by atoms with Crippen LogP contribution < -0.4 is 10.2 Å². The maximum Gasteiger partial charge on any atom is 0.298 e. The van der Waals surface area contributed by atoms with Crippen molar-refractivity contribution in [3.8, 4) is 16.4 Å². The molecule has 4 aromatic rings. The molecule has 0 aliphatic carbocycles. The third kappa shape index (κ3) is 3.18. The van der Waals surface area contributed by atoms with Crippen molar-refractivity contribution in [3.05, 3.63) is 77.7 Å². The number of hydrogen-bond donors (Lipinski definition) is 1. The topological polar surface area (TPSA) is 80.1 Å². The Balaban J connectivity index is 1.65. The largest absolute Gasteiger partial charge is 0.322 e. The predicted molar refractivity (Wildman–Crippen MR) is 121 cm³/mol. The summed E-state index contributed by atoms with van der Waals surface area (Å²) >= 11 is 1.45. The number of benzene rings is 2. The van der Waals surface area contributed by atoms with Crippen LogP contribution in [0.5, 0.6) is 0 Å². The second kappa shape index (κ2) is 7.38. The van der Waals surface area contributed by atoms with Crippen molar-refractivity contribution in [2.45, 2.75) is 19.4 Å². The molecule has 0 saturated carbocycles. The summed E-state index contributed by atoms with van der Waals surface area (Å²) in [6, 6.07) is 16.6. The van der Waals surface area contributed by atoms with E-state index in [1.807, 2.05) is 17.5 Å². The zero-order valence-corrected chi connectivity index (χ0v) is 18.1. The zero-order valence-electron chi connectivity index (χ0n) is 17.2. The standard InChI is InChI=1S/C23H18FN5O2S/c1-23(2)22(31)25-16-6-3-4-7-17(16)28(23)21(30)19-26-20(18-8-5-13-32-18)29(27-19)15-11-9-14(24)10-12-15/h3-13H,1-2H3,(H,25,31). The highest BCUT2D eigenvalue weighted by atomic mass is 32.1. The van der Waals surface area contributed by atoms with E-state index in [0.717, 1.165) is 4.88 Å². The van der Waals surface area contributed by atoms with Gasteiger partial charge in [0.05, 0.1) is 21.9 Å². The van der Waals surface area contributed by atoms with Gasteiger partial charge >= 0.3 is 0 Å². The number of rotatable bonds is 3. The average molecular weight is 447 g/mol. The molecule has 0 bridgehead atoms. The quantitative estimate of drug-likeness (QED) is 0.501. The molecular formula is C23H18FN5O2S. The molecule has 0 atom stereocenters. The van der Waals surface area contributed by atoms with Crippen molar-refractivity contribution >= 4 is 34.5 Å². The zero-order chi connectivity index (χ0) is 22.5. The summed E-state index contributed by atoms with van der Waals surface area (Å²) < 4.78 is 15.0. The molecule has 3 heterocycles. The number of aromatic nitrogens is 3. The fraction of sp³-hybridized carbons (Fsp3) is 0.130. The van der Waals surface area contributed by atoms with Crippen LogP contribution in [0.1, 0.15) is 24.5 Å². The fourth-order valence-electron chi connectivity index (χ4n) is 3.65. The van der Waals surface area contributed by atoms with Gasteiger partial charge in [-0.2, -0.15) is 0 Å². The number of hydrogen-bond acceptors (Lipinski definition) is 5. The van der Waals surface area contributed by atoms with Crippen molar-refractivity contribution in [1.29, 1.82) is 0 Å². The highest BCUT2D eigenvalue weighted by molar-refractivity contribution is 7.13. The second-order valence-electron chi connectivity index (χ2n) is 7.80. The van der Waals surface area contributed by atoms with Crippen molar-refractivity contribution in [2.75, 3.05) is 10.2 Å². The first-order valence-electron chi connectivity index (χ1n) is 9.88. The molecule has 1 aliphatic rings. The molecule has 9 heteroatoms. The minimum Gasteiger partial charge on any atom is -0.322 e. The molecule has 1 N–H and O–H groups in total. The molecule has 2 aromatic heterocycles. The molecule has 32 heavy (non-hydrogen) atoms. The molecule has 5 rings (SSSR count). The van der Waals surface area contributed by atoms with Crippen molar-refractivity contribution in [2.24, 2.45) is 0 Å². The molecule has 160 valence electrons. The SMILES string of the molecule is CC1(C)C(=O)Nc2ccccc2N1C(=O)c1nc(-c2cccs2)n(-c2ccc(F)cc2)n1. The van der Waals surface area contributed by atoms with E-state index in [2.05, 4.69) is 15.4 Å². The van der Waals surface area contributed by atoms with E-state index in [4.69, 9.17) is 0 Å². The van der Waals surface area contributed by atoms with E-state index in [1.165, 1.54) is 33.1 Å². The molecule has 0 fully saturated rings. The summed E-state index contributed by atoms with van der Waals surface area (Å²) in [7, 11) is 0. The van der Waals surface area contributed by atoms with Crippen LogP contribution in [0.2, 0.25) is 0 Å². The third-order valence-electron chi connectivity index (χ3n) is 5.32. The number of anilines is 2. The Labute approximate surface area is 187 Å². The van der Waals surface area contributed by atoms with Gasteiger partial charge in [-0.3, -0.25) is 14.5 Å². The number of thiophene rings is 1. The van der Waals surface area contributed by atoms with Crippen molar-refractivity contribution in [3.63, 3.8) is 0 Å². The minimum absolute atomic E-state index is 0.0599. The van der Waals surface area contributed by atoms with Gasteiger partial charge in [0.25, 0.3) is 5.91 Å². The summed E-state index contributed by atoms with van der Waals surface area (Å²) in [5.74, 6) is -0.782. The number of carbonyl (C=O) groups is 2. The number of halogens is 1. The van der Waals surface area contributed by atoms with Crippen LogP contribution >= 0.6 is 11.3 Å². The lowest BCUT2D eigenvalue weighted by Gasteiger charge is -2.41. The fourth-order valence-corrected chi connectivity index (χ4v) is 4.34. The number of fused-ring (bicyclic) bond motifs is 1. The van der Waals surface area contributed by atoms with Gasteiger partial charge in [0.1, 0.15) is 11.4 Å². The van der Waals surface area contributed by atoms with Gasteiger partial charge in [-0.1, -0.05) is 18.2 Å². The highest BCUT2D eigenvalue weighted by Crippen LogP contribution is 2.37. The normalized spacial score (nSPS) is 14.7. The first kappa shape index (κ1) is 20.1. The van der Waals surface area contributed by atoms with Crippen LogP contribution in [0, 0.1) is 5.82 Å². The van der Waals surface area contributed by atoms with Gasteiger partial charge in [-0.25, -0.2) is 14.1 Å². The lowest BCUT2D eigenvalue weighted by Crippen LogP contribution is -2.58. The minimum atomic E-state index is -1.16. The summed E-state index contributed by atoms with van der Waals surface area (Å²) in [4.78, 5) is 33.2. The first-order chi connectivity index (χ1) is 15.4. The average Bonchev–Trinajstić information content (AvgIpc) is 3.45. The van der Waals surface area contributed by atoms with Gasteiger partial charge in [-0.05, 0) is 61.7 Å². The van der Waals surface area contributed by atoms with E-state index in [-0.39, 0.29) is 17.5 Å². The van der Waals surface area contributed by atoms with Gasteiger partial charge < -0.3 is 5.32 Å². The molecule has 2 aromatic carbocycles. The number of carbonyl (C=O) groups excluding carboxylic acids is 2. The van der Waals surface area contributed by atoms with Gasteiger partial charge in [-0.15, -0.1) is 16.4 Å². The van der Waals surface area contributed by atoms with E-state index >= 15 is 0 Å². The monoisotopic (exact) mass is 447 g/mol. The maximum atomic E-state index is 13.7. The molecule has 7 nitrogen and oxygen atoms in total. The third-order valence-corrected chi connectivity index (χ3v) is 6.19. The lowest BCUT2D eigenvalue weighted by atomic mass is 9.96. The van der Waals surface area contributed by atoms with Crippen LogP contribution in [0.15, 0.2) is 66.0 Å². The predicted octanol–water partition coefficient (Wildman–Crippen LogP) is 4.51. The molecule has 2 amide bonds. The summed E-state index contributed by atoms with van der Waals surface area (Å²) in [6.45, 7) is 3.35. The van der Waals surface area contributed by atoms with E-state index in [1.54, 1.807) is 50.2 Å². The smallest absolute Gasteiger partial charge is 0.298 e. The van der Waals surface area contributed by atoms with E-state index in [0.29, 0.717) is 22.9 Å². The summed E-state index contributed by atoms with van der Waals surface area (Å²) in [6.07, 6.45) is 0. The Kier molecular flexibility index (Phi) is 4.63. The van der Waals surface area contributed by atoms with E-state index < -0.39 is 11.4 Å². The Hall–Kier alpha value is -3.85. The molecule has 0 unspecified atom stereocenters. The molecule has 0 saturated heterocycles. The number of amides is 2. The van der Waals surface area contributed by atoms with E-state index in [9.17, 15) is 14.0 Å². The molecular weight excluding hydrogens is 429 g/mol. The van der Waals surface area contributed by atoms with Crippen LogP contribution in [0.25, 0.3) is 16.4 Å². The molecule has 0 spiro atoms. The summed E-state index contributed by atoms with van der Waals surface area (Å²) in [5, 5.41) is 9.21. The van der Waals surface area contributed by atoms with Crippen LogP contribution in [0.3, 0.4) is 0 Å². The maximum absolute atomic E-state index is 13.7. The molecule has 0 radical (unpaired) electrons. The first-order valence-corrected chi connectivity index (χ1v) is 10.8.